The molecule has 0 radical (unpaired) electrons. The minimum Gasteiger partial charge on any atom is -0.481 e. The van der Waals surface area contributed by atoms with E-state index in [1.165, 1.54) is 18.5 Å². The Labute approximate surface area is 125 Å². The molecule has 7 nitrogen and oxygen atoms in total. The van der Waals surface area contributed by atoms with Crippen LogP contribution in [0.2, 0.25) is 0 Å². The third kappa shape index (κ3) is 2.75. The van der Waals surface area contributed by atoms with Gasteiger partial charge in [0.25, 0.3) is 0 Å². The molecule has 1 N–H and O–H groups in total. The maximum atomic E-state index is 14.1. The molecule has 1 aromatic heterocycles. The zero-order valence-electron chi connectivity index (χ0n) is 11.4. The lowest BCUT2D eigenvalue weighted by Crippen LogP contribution is -2.08. The van der Waals surface area contributed by atoms with E-state index in [0.29, 0.717) is 11.6 Å². The average Bonchev–Trinajstić information content (AvgIpc) is 2.48. The molecule has 114 valence electrons. The molecule has 1 aliphatic heterocycles. The quantitative estimate of drug-likeness (QED) is 0.927. The van der Waals surface area contributed by atoms with Crippen molar-refractivity contribution in [2.45, 2.75) is 4.90 Å². The Morgan fingerprint density at radius 3 is 2.86 bits per heavy atom. The number of rotatable bonds is 3. The fourth-order valence-corrected chi connectivity index (χ4v) is 2.51. The molecule has 0 fully saturated rings. The maximum absolute atomic E-state index is 14.1. The summed E-state index contributed by atoms with van der Waals surface area (Å²) in [5.74, 6) is 0.205. The molecule has 9 heteroatoms. The number of sulfone groups is 1. The Morgan fingerprint density at radius 2 is 2.14 bits per heavy atom. The number of hydrogen-bond acceptors (Lipinski definition) is 7. The number of hydrogen-bond donors (Lipinski definition) is 1. The Balaban J connectivity index is 1.96. The minimum atomic E-state index is -3.47. The van der Waals surface area contributed by atoms with E-state index in [1.807, 2.05) is 0 Å². The van der Waals surface area contributed by atoms with Crippen LogP contribution in [0.3, 0.4) is 0 Å². The van der Waals surface area contributed by atoms with Gasteiger partial charge in [-0.15, -0.1) is 0 Å². The van der Waals surface area contributed by atoms with E-state index in [0.717, 1.165) is 12.3 Å². The summed E-state index contributed by atoms with van der Waals surface area (Å²) in [5.41, 5.74) is 0.0754. The first-order chi connectivity index (χ1) is 10.4. The predicted octanol–water partition coefficient (Wildman–Crippen LogP) is 1.86. The topological polar surface area (TPSA) is 93.5 Å². The Hall–Kier alpha value is -2.55. The SMILES string of the molecule is CS(=O)(=O)c1ccc(Nc2ncnc3c2OCC=N3)c(F)c1. The van der Waals surface area contributed by atoms with E-state index in [2.05, 4.69) is 20.3 Å². The van der Waals surface area contributed by atoms with E-state index in [9.17, 15) is 12.8 Å². The van der Waals surface area contributed by atoms with Gasteiger partial charge in [0.2, 0.25) is 5.75 Å². The highest BCUT2D eigenvalue weighted by molar-refractivity contribution is 7.90. The Kier molecular flexibility index (Phi) is 3.49. The van der Waals surface area contributed by atoms with Crippen LogP contribution in [0.1, 0.15) is 0 Å². The van der Waals surface area contributed by atoms with Gasteiger partial charge in [-0.3, -0.25) is 0 Å². The summed E-state index contributed by atoms with van der Waals surface area (Å²) in [6.07, 6.45) is 3.85. The molecule has 0 unspecified atom stereocenters. The zero-order valence-corrected chi connectivity index (χ0v) is 12.3. The zero-order chi connectivity index (χ0) is 15.7. The molecule has 0 saturated heterocycles. The summed E-state index contributed by atoms with van der Waals surface area (Å²) in [7, 11) is -3.47. The molecular weight excluding hydrogens is 311 g/mol. The highest BCUT2D eigenvalue weighted by Crippen LogP contribution is 2.35. The number of anilines is 2. The lowest BCUT2D eigenvalue weighted by atomic mass is 10.3. The third-order valence-electron chi connectivity index (χ3n) is 2.92. The van der Waals surface area contributed by atoms with Crippen molar-refractivity contribution < 1.29 is 17.5 Å². The van der Waals surface area contributed by atoms with Gasteiger partial charge in [-0.25, -0.2) is 27.8 Å². The highest BCUT2D eigenvalue weighted by atomic mass is 32.2. The molecule has 1 aromatic carbocycles. The van der Waals surface area contributed by atoms with Crippen molar-refractivity contribution in [1.82, 2.24) is 9.97 Å². The summed E-state index contributed by atoms with van der Waals surface area (Å²) in [5, 5.41) is 2.76. The van der Waals surface area contributed by atoms with Crippen LogP contribution >= 0.6 is 0 Å². The van der Waals surface area contributed by atoms with Crippen LogP contribution in [-0.2, 0) is 9.84 Å². The fourth-order valence-electron chi connectivity index (χ4n) is 1.88. The van der Waals surface area contributed by atoms with Crippen LogP contribution in [0.25, 0.3) is 0 Å². The minimum absolute atomic E-state index is 0.0754. The number of aromatic nitrogens is 2. The van der Waals surface area contributed by atoms with Crippen molar-refractivity contribution in [1.29, 1.82) is 0 Å². The molecule has 0 atom stereocenters. The first-order valence-corrected chi connectivity index (χ1v) is 8.11. The maximum Gasteiger partial charge on any atom is 0.207 e. The number of nitrogens with one attached hydrogen (secondary N) is 1. The van der Waals surface area contributed by atoms with Gasteiger partial charge in [0.05, 0.1) is 10.6 Å². The molecule has 22 heavy (non-hydrogen) atoms. The van der Waals surface area contributed by atoms with Crippen molar-refractivity contribution in [3.8, 4) is 5.75 Å². The summed E-state index contributed by atoms with van der Waals surface area (Å²) in [4.78, 5) is 11.9. The predicted molar refractivity (Wildman–Crippen MR) is 78.5 cm³/mol. The number of fused-ring (bicyclic) bond motifs is 1. The standard InChI is InChI=1S/C13H11FN4O3S/c1-22(19,20)8-2-3-10(9(14)6-8)18-13-11-12(16-7-17-13)15-4-5-21-11/h2-4,6-7H,5H2,1H3,(H,16,17,18). The molecule has 2 aromatic rings. The van der Waals surface area contributed by atoms with E-state index in [4.69, 9.17) is 4.74 Å². The van der Waals surface area contributed by atoms with Gasteiger partial charge in [-0.05, 0) is 18.2 Å². The molecule has 0 saturated carbocycles. The molecule has 0 spiro atoms. The monoisotopic (exact) mass is 322 g/mol. The molecule has 0 aliphatic carbocycles. The van der Waals surface area contributed by atoms with Crippen molar-refractivity contribution in [3.63, 3.8) is 0 Å². The molecule has 2 heterocycles. The number of nitrogens with zero attached hydrogens (tertiary/aromatic N) is 3. The van der Waals surface area contributed by atoms with Crippen LogP contribution < -0.4 is 10.1 Å². The summed E-state index contributed by atoms with van der Waals surface area (Å²) >= 11 is 0. The summed E-state index contributed by atoms with van der Waals surface area (Å²) < 4.78 is 42.3. The third-order valence-corrected chi connectivity index (χ3v) is 4.03. The number of aliphatic imine (C=N–C) groups is 1. The van der Waals surface area contributed by atoms with Gasteiger partial charge >= 0.3 is 0 Å². The van der Waals surface area contributed by atoms with E-state index < -0.39 is 15.7 Å². The number of ether oxygens (including phenoxy) is 1. The van der Waals surface area contributed by atoms with Crippen molar-refractivity contribution in [3.05, 3.63) is 30.3 Å². The molecule has 0 amide bonds. The van der Waals surface area contributed by atoms with Crippen molar-refractivity contribution in [2.75, 3.05) is 18.2 Å². The van der Waals surface area contributed by atoms with Gasteiger partial charge in [0.15, 0.2) is 21.5 Å². The van der Waals surface area contributed by atoms with Crippen LogP contribution in [0.15, 0.2) is 34.4 Å². The van der Waals surface area contributed by atoms with Gasteiger partial charge in [0, 0.05) is 12.5 Å². The lowest BCUT2D eigenvalue weighted by molar-refractivity contribution is 0.375. The van der Waals surface area contributed by atoms with Crippen LogP contribution in [0, 0.1) is 5.82 Å². The van der Waals surface area contributed by atoms with E-state index >= 15 is 0 Å². The van der Waals surface area contributed by atoms with Crippen molar-refractivity contribution >= 4 is 33.4 Å². The fraction of sp³-hybridized carbons (Fsp3) is 0.154. The second-order valence-electron chi connectivity index (χ2n) is 4.54. The smallest absolute Gasteiger partial charge is 0.207 e. The second-order valence-corrected chi connectivity index (χ2v) is 6.55. The van der Waals surface area contributed by atoms with Gasteiger partial charge in [0.1, 0.15) is 18.8 Å². The largest absolute Gasteiger partial charge is 0.481 e. The molecule has 0 bridgehead atoms. The van der Waals surface area contributed by atoms with E-state index in [-0.39, 0.29) is 23.0 Å². The summed E-state index contributed by atoms with van der Waals surface area (Å²) in [6.45, 7) is 0.268. The molecular formula is C13H11FN4O3S. The van der Waals surface area contributed by atoms with E-state index in [1.54, 1.807) is 6.21 Å². The number of halogens is 1. The first kappa shape index (κ1) is 14.4. The Bertz CT molecular complexity index is 868. The molecule has 1 aliphatic rings. The van der Waals surface area contributed by atoms with Crippen molar-refractivity contribution in [2.24, 2.45) is 4.99 Å². The second kappa shape index (κ2) is 5.34. The van der Waals surface area contributed by atoms with Gasteiger partial charge in [-0.2, -0.15) is 0 Å². The summed E-state index contributed by atoms with van der Waals surface area (Å²) in [6, 6.07) is 3.59. The molecule has 3 rings (SSSR count). The highest BCUT2D eigenvalue weighted by Gasteiger charge is 2.17. The van der Waals surface area contributed by atoms with Crippen LogP contribution in [0.4, 0.5) is 21.7 Å². The normalized spacial score (nSPS) is 13.4. The lowest BCUT2D eigenvalue weighted by Gasteiger charge is -2.15. The van der Waals surface area contributed by atoms with Crippen LogP contribution in [0.5, 0.6) is 5.75 Å². The van der Waals surface area contributed by atoms with Gasteiger partial charge in [-0.1, -0.05) is 0 Å². The van der Waals surface area contributed by atoms with Gasteiger partial charge < -0.3 is 10.1 Å². The van der Waals surface area contributed by atoms with Crippen LogP contribution in [-0.4, -0.2) is 37.5 Å². The Morgan fingerprint density at radius 1 is 1.32 bits per heavy atom. The number of benzene rings is 1. The average molecular weight is 322 g/mol. The first-order valence-electron chi connectivity index (χ1n) is 6.22.